The number of hydrogen-bond donors (Lipinski definition) is 1. The SMILES string of the molecule is CC(C)NCCCN(C)C1CCN(C)CC1. The molecule has 1 fully saturated rings. The highest BCUT2D eigenvalue weighted by Gasteiger charge is 2.19. The van der Waals surface area contributed by atoms with Crippen molar-refractivity contribution in [2.24, 2.45) is 0 Å². The van der Waals surface area contributed by atoms with Crippen LogP contribution in [-0.4, -0.2) is 62.2 Å². The zero-order valence-corrected chi connectivity index (χ0v) is 11.5. The molecule has 1 aliphatic heterocycles. The van der Waals surface area contributed by atoms with Gasteiger partial charge >= 0.3 is 0 Å². The summed E-state index contributed by atoms with van der Waals surface area (Å²) in [6.07, 6.45) is 3.94. The van der Waals surface area contributed by atoms with Crippen molar-refractivity contribution in [3.8, 4) is 0 Å². The van der Waals surface area contributed by atoms with Gasteiger partial charge in [0.1, 0.15) is 0 Å². The molecule has 1 saturated heterocycles. The van der Waals surface area contributed by atoms with Crippen molar-refractivity contribution in [3.63, 3.8) is 0 Å². The Morgan fingerprint density at radius 2 is 1.94 bits per heavy atom. The molecule has 16 heavy (non-hydrogen) atoms. The first kappa shape index (κ1) is 13.9. The second-order valence-electron chi connectivity index (χ2n) is 5.48. The zero-order chi connectivity index (χ0) is 12.0. The first-order valence-electron chi connectivity index (χ1n) is 6.71. The van der Waals surface area contributed by atoms with Crippen LogP contribution in [0, 0.1) is 0 Å². The highest BCUT2D eigenvalue weighted by molar-refractivity contribution is 4.76. The van der Waals surface area contributed by atoms with Crippen molar-refractivity contribution >= 4 is 0 Å². The Morgan fingerprint density at radius 1 is 1.31 bits per heavy atom. The van der Waals surface area contributed by atoms with Crippen LogP contribution >= 0.6 is 0 Å². The summed E-state index contributed by atoms with van der Waals surface area (Å²) in [6, 6.07) is 1.43. The molecule has 1 rings (SSSR count). The summed E-state index contributed by atoms with van der Waals surface area (Å²) in [5.41, 5.74) is 0. The highest BCUT2D eigenvalue weighted by Crippen LogP contribution is 2.13. The van der Waals surface area contributed by atoms with Crippen LogP contribution in [0.4, 0.5) is 0 Å². The molecule has 1 aliphatic rings. The van der Waals surface area contributed by atoms with Gasteiger partial charge in [0.15, 0.2) is 0 Å². The van der Waals surface area contributed by atoms with Crippen molar-refractivity contribution in [2.75, 3.05) is 40.3 Å². The van der Waals surface area contributed by atoms with Gasteiger partial charge in [0, 0.05) is 12.1 Å². The van der Waals surface area contributed by atoms with Gasteiger partial charge in [0.05, 0.1) is 0 Å². The van der Waals surface area contributed by atoms with Gasteiger partial charge in [-0.15, -0.1) is 0 Å². The van der Waals surface area contributed by atoms with Gasteiger partial charge < -0.3 is 15.1 Å². The average molecular weight is 227 g/mol. The molecule has 0 unspecified atom stereocenters. The van der Waals surface area contributed by atoms with E-state index in [4.69, 9.17) is 0 Å². The number of likely N-dealkylation sites (tertiary alicyclic amines) is 1. The third-order valence-corrected chi connectivity index (χ3v) is 3.55. The number of hydrogen-bond acceptors (Lipinski definition) is 3. The molecule has 0 radical (unpaired) electrons. The Bertz CT molecular complexity index is 174. The predicted molar refractivity (Wildman–Crippen MR) is 70.9 cm³/mol. The van der Waals surface area contributed by atoms with Crippen molar-refractivity contribution < 1.29 is 0 Å². The Hall–Kier alpha value is -0.120. The van der Waals surface area contributed by atoms with Crippen molar-refractivity contribution in [2.45, 2.75) is 45.2 Å². The van der Waals surface area contributed by atoms with Crippen LogP contribution in [0.1, 0.15) is 33.1 Å². The van der Waals surface area contributed by atoms with Crippen LogP contribution in [0.25, 0.3) is 0 Å². The first-order chi connectivity index (χ1) is 7.59. The maximum absolute atomic E-state index is 3.48. The lowest BCUT2D eigenvalue weighted by molar-refractivity contribution is 0.143. The standard InChI is InChI=1S/C13H29N3/c1-12(2)14-8-5-9-16(4)13-6-10-15(3)11-7-13/h12-14H,5-11H2,1-4H3. The molecule has 0 spiro atoms. The van der Waals surface area contributed by atoms with Crippen molar-refractivity contribution in [1.29, 1.82) is 0 Å². The highest BCUT2D eigenvalue weighted by atomic mass is 15.2. The molecular formula is C13H29N3. The normalized spacial score (nSPS) is 19.9. The van der Waals surface area contributed by atoms with Crippen molar-refractivity contribution in [1.82, 2.24) is 15.1 Å². The Morgan fingerprint density at radius 3 is 2.50 bits per heavy atom. The summed E-state index contributed by atoms with van der Waals surface area (Å²) in [7, 11) is 4.51. The topological polar surface area (TPSA) is 18.5 Å². The molecule has 0 aromatic rings. The Labute approximate surface area is 101 Å². The summed E-state index contributed by atoms with van der Waals surface area (Å²) >= 11 is 0. The molecule has 0 bridgehead atoms. The molecule has 3 nitrogen and oxygen atoms in total. The van der Waals surface area contributed by atoms with E-state index in [9.17, 15) is 0 Å². The maximum atomic E-state index is 3.48. The van der Waals surface area contributed by atoms with Crippen LogP contribution in [0.2, 0.25) is 0 Å². The quantitative estimate of drug-likeness (QED) is 0.692. The minimum atomic E-state index is 0.619. The largest absolute Gasteiger partial charge is 0.314 e. The van der Waals surface area contributed by atoms with Crippen molar-refractivity contribution in [3.05, 3.63) is 0 Å². The van der Waals surface area contributed by atoms with Gasteiger partial charge in [-0.1, -0.05) is 13.8 Å². The molecular weight excluding hydrogens is 198 g/mol. The average Bonchev–Trinajstić information content (AvgIpc) is 2.25. The molecule has 1 N–H and O–H groups in total. The van der Waals surface area contributed by atoms with Crippen LogP contribution in [0.3, 0.4) is 0 Å². The van der Waals surface area contributed by atoms with E-state index in [0.717, 1.165) is 12.6 Å². The summed E-state index contributed by atoms with van der Waals surface area (Å²) in [5.74, 6) is 0. The van der Waals surface area contributed by atoms with Crippen LogP contribution in [0.15, 0.2) is 0 Å². The van der Waals surface area contributed by atoms with Gasteiger partial charge in [0.2, 0.25) is 0 Å². The third-order valence-electron chi connectivity index (χ3n) is 3.55. The summed E-state index contributed by atoms with van der Waals surface area (Å²) in [5, 5.41) is 3.48. The molecule has 0 aromatic heterocycles. The van der Waals surface area contributed by atoms with Gasteiger partial charge in [-0.05, 0) is 59.5 Å². The second kappa shape index (κ2) is 7.25. The molecule has 0 aromatic carbocycles. The smallest absolute Gasteiger partial charge is 0.0117 e. The predicted octanol–water partition coefficient (Wildman–Crippen LogP) is 1.40. The minimum absolute atomic E-state index is 0.619. The van der Waals surface area contributed by atoms with E-state index in [0.29, 0.717) is 6.04 Å². The summed E-state index contributed by atoms with van der Waals surface area (Å²) < 4.78 is 0. The molecule has 0 saturated carbocycles. The minimum Gasteiger partial charge on any atom is -0.314 e. The summed E-state index contributed by atoms with van der Waals surface area (Å²) in [4.78, 5) is 4.99. The second-order valence-corrected chi connectivity index (χ2v) is 5.48. The monoisotopic (exact) mass is 227 g/mol. The van der Waals surface area contributed by atoms with E-state index in [1.54, 1.807) is 0 Å². The van der Waals surface area contributed by atoms with Crippen LogP contribution in [0.5, 0.6) is 0 Å². The molecule has 0 amide bonds. The molecule has 0 atom stereocenters. The fraction of sp³-hybridized carbons (Fsp3) is 1.00. The van der Waals surface area contributed by atoms with E-state index >= 15 is 0 Å². The molecule has 0 aliphatic carbocycles. The van der Waals surface area contributed by atoms with Gasteiger partial charge in [0.25, 0.3) is 0 Å². The number of nitrogens with one attached hydrogen (secondary N) is 1. The van der Waals surface area contributed by atoms with E-state index in [1.807, 2.05) is 0 Å². The van der Waals surface area contributed by atoms with Gasteiger partial charge in [-0.3, -0.25) is 0 Å². The third kappa shape index (κ3) is 5.28. The fourth-order valence-electron chi connectivity index (χ4n) is 2.34. The van der Waals surface area contributed by atoms with Gasteiger partial charge in [-0.2, -0.15) is 0 Å². The Balaban J connectivity index is 2.08. The lowest BCUT2D eigenvalue weighted by Gasteiger charge is -2.35. The van der Waals surface area contributed by atoms with E-state index < -0.39 is 0 Å². The van der Waals surface area contributed by atoms with E-state index in [2.05, 4.69) is 43.1 Å². The van der Waals surface area contributed by atoms with E-state index in [-0.39, 0.29) is 0 Å². The molecule has 96 valence electrons. The Kier molecular flexibility index (Phi) is 6.32. The molecule has 1 heterocycles. The van der Waals surface area contributed by atoms with E-state index in [1.165, 1.54) is 38.9 Å². The van der Waals surface area contributed by atoms with Crippen LogP contribution in [-0.2, 0) is 0 Å². The zero-order valence-electron chi connectivity index (χ0n) is 11.5. The van der Waals surface area contributed by atoms with Gasteiger partial charge in [-0.25, -0.2) is 0 Å². The van der Waals surface area contributed by atoms with Crippen LogP contribution < -0.4 is 5.32 Å². The number of rotatable bonds is 6. The number of nitrogens with zero attached hydrogens (tertiary/aromatic N) is 2. The lowest BCUT2D eigenvalue weighted by Crippen LogP contribution is -2.42. The molecule has 3 heteroatoms. The maximum Gasteiger partial charge on any atom is 0.0117 e. The fourth-order valence-corrected chi connectivity index (χ4v) is 2.34. The summed E-state index contributed by atoms with van der Waals surface area (Å²) in [6.45, 7) is 9.32. The first-order valence-corrected chi connectivity index (χ1v) is 6.71. The lowest BCUT2D eigenvalue weighted by atomic mass is 10.0. The number of piperidine rings is 1.